The first kappa shape index (κ1) is 17.7. The highest BCUT2D eigenvalue weighted by molar-refractivity contribution is 5.94. The Balaban J connectivity index is 1.67. The second-order valence-corrected chi connectivity index (χ2v) is 8.11. The summed E-state index contributed by atoms with van der Waals surface area (Å²) >= 11 is 0. The van der Waals surface area contributed by atoms with E-state index in [0.717, 1.165) is 11.4 Å². The molecule has 1 saturated heterocycles. The topological polar surface area (TPSA) is 69.2 Å². The molecule has 25 heavy (non-hydrogen) atoms. The number of carbonyl (C=O) groups is 1. The molecule has 5 nitrogen and oxygen atoms in total. The zero-order valence-corrected chi connectivity index (χ0v) is 15.4. The number of nitrogens with one attached hydrogen (secondary N) is 1. The number of aryl methyl sites for hydroxylation is 1. The van der Waals surface area contributed by atoms with Gasteiger partial charge in [-0.05, 0) is 42.5 Å². The van der Waals surface area contributed by atoms with Crippen molar-refractivity contribution < 1.29 is 9.90 Å². The van der Waals surface area contributed by atoms with Gasteiger partial charge in [0.2, 0.25) is 0 Å². The van der Waals surface area contributed by atoms with Crippen molar-refractivity contribution in [2.45, 2.75) is 45.6 Å². The molecule has 0 bridgehead atoms. The van der Waals surface area contributed by atoms with Crippen LogP contribution in [0.25, 0.3) is 0 Å². The van der Waals surface area contributed by atoms with Crippen molar-refractivity contribution in [3.05, 3.63) is 52.8 Å². The minimum Gasteiger partial charge on any atom is -0.391 e. The van der Waals surface area contributed by atoms with Crippen LogP contribution in [-0.2, 0) is 11.8 Å². The smallest absolute Gasteiger partial charge is 0.253 e. The van der Waals surface area contributed by atoms with Crippen molar-refractivity contribution in [2.24, 2.45) is 5.92 Å². The van der Waals surface area contributed by atoms with Gasteiger partial charge in [0, 0.05) is 30.3 Å². The van der Waals surface area contributed by atoms with Gasteiger partial charge in [0.25, 0.3) is 5.91 Å². The van der Waals surface area contributed by atoms with Gasteiger partial charge < -0.3 is 10.0 Å². The standard InChI is InChI=1S/C20H27N3O2/c1-13-9-17(22-21-13)10-15-11-23(12-18(15)24)19(25)14-5-7-16(8-6-14)20(2,3)4/h5-9,15,18,24H,10-12H2,1-4H3,(H,21,22). The van der Waals surface area contributed by atoms with Crippen LogP contribution in [0.3, 0.4) is 0 Å². The van der Waals surface area contributed by atoms with Crippen LogP contribution >= 0.6 is 0 Å². The Labute approximate surface area is 149 Å². The summed E-state index contributed by atoms with van der Waals surface area (Å²) in [5.41, 5.74) is 3.89. The number of H-pyrrole nitrogens is 1. The van der Waals surface area contributed by atoms with Crippen molar-refractivity contribution in [1.29, 1.82) is 0 Å². The monoisotopic (exact) mass is 341 g/mol. The molecule has 1 aliphatic rings. The number of β-amino-alcohol motifs (C(OH)–C–C–N with tert-alkyl or cyclic N) is 1. The van der Waals surface area contributed by atoms with Gasteiger partial charge in [0.1, 0.15) is 0 Å². The largest absolute Gasteiger partial charge is 0.391 e. The molecule has 2 atom stereocenters. The quantitative estimate of drug-likeness (QED) is 0.902. The summed E-state index contributed by atoms with van der Waals surface area (Å²) in [7, 11) is 0. The number of hydrogen-bond donors (Lipinski definition) is 2. The first-order valence-electron chi connectivity index (χ1n) is 8.83. The highest BCUT2D eigenvalue weighted by Crippen LogP contribution is 2.25. The Morgan fingerprint density at radius 1 is 1.28 bits per heavy atom. The molecule has 0 spiro atoms. The van der Waals surface area contributed by atoms with Crippen molar-refractivity contribution in [1.82, 2.24) is 15.1 Å². The highest BCUT2D eigenvalue weighted by Gasteiger charge is 2.34. The van der Waals surface area contributed by atoms with E-state index in [1.54, 1.807) is 4.90 Å². The van der Waals surface area contributed by atoms with Crippen LogP contribution in [0.1, 0.15) is 48.1 Å². The fraction of sp³-hybridized carbons (Fsp3) is 0.500. The van der Waals surface area contributed by atoms with E-state index in [0.29, 0.717) is 25.1 Å². The Morgan fingerprint density at radius 2 is 1.96 bits per heavy atom. The number of amides is 1. The molecule has 2 aromatic rings. The minimum atomic E-state index is -0.505. The number of aliphatic hydroxyl groups is 1. The normalized spacial score (nSPS) is 20.9. The number of hydrogen-bond acceptors (Lipinski definition) is 3. The fourth-order valence-corrected chi connectivity index (χ4v) is 3.36. The summed E-state index contributed by atoms with van der Waals surface area (Å²) in [6.07, 6.45) is 0.174. The van der Waals surface area contributed by atoms with Crippen molar-refractivity contribution in [3.63, 3.8) is 0 Å². The molecule has 2 N–H and O–H groups in total. The molecule has 0 aliphatic carbocycles. The van der Waals surface area contributed by atoms with E-state index in [2.05, 4.69) is 31.0 Å². The third kappa shape index (κ3) is 3.93. The van der Waals surface area contributed by atoms with Crippen molar-refractivity contribution in [3.8, 4) is 0 Å². The van der Waals surface area contributed by atoms with Crippen LogP contribution < -0.4 is 0 Å². The van der Waals surface area contributed by atoms with Gasteiger partial charge in [-0.25, -0.2) is 0 Å². The van der Waals surface area contributed by atoms with E-state index in [1.165, 1.54) is 5.56 Å². The molecular formula is C20H27N3O2. The third-order valence-electron chi connectivity index (χ3n) is 4.92. The van der Waals surface area contributed by atoms with Crippen LogP contribution in [0.4, 0.5) is 0 Å². The number of likely N-dealkylation sites (tertiary alicyclic amines) is 1. The molecule has 1 aromatic heterocycles. The molecule has 1 aromatic carbocycles. The van der Waals surface area contributed by atoms with Crippen LogP contribution in [0.2, 0.25) is 0 Å². The molecule has 2 heterocycles. The molecular weight excluding hydrogens is 314 g/mol. The lowest BCUT2D eigenvalue weighted by atomic mass is 9.86. The van der Waals surface area contributed by atoms with Crippen molar-refractivity contribution >= 4 is 5.91 Å². The lowest BCUT2D eigenvalue weighted by molar-refractivity contribution is 0.0764. The molecule has 3 rings (SSSR count). The maximum atomic E-state index is 12.7. The predicted molar refractivity (Wildman–Crippen MR) is 97.6 cm³/mol. The van der Waals surface area contributed by atoms with Gasteiger partial charge in [-0.1, -0.05) is 32.9 Å². The average Bonchev–Trinajstić information content (AvgIpc) is 3.12. The van der Waals surface area contributed by atoms with Crippen LogP contribution in [0.5, 0.6) is 0 Å². The second kappa shape index (κ2) is 6.64. The van der Waals surface area contributed by atoms with E-state index >= 15 is 0 Å². The lowest BCUT2D eigenvalue weighted by Crippen LogP contribution is -2.29. The third-order valence-corrected chi connectivity index (χ3v) is 4.92. The molecule has 1 fully saturated rings. The van der Waals surface area contributed by atoms with E-state index in [4.69, 9.17) is 0 Å². The average molecular weight is 341 g/mol. The minimum absolute atomic E-state index is 0.0137. The van der Waals surface area contributed by atoms with Gasteiger partial charge in [-0.3, -0.25) is 9.89 Å². The number of carbonyl (C=O) groups excluding carboxylic acids is 1. The summed E-state index contributed by atoms with van der Waals surface area (Å²) in [4.78, 5) is 14.5. The van der Waals surface area contributed by atoms with Gasteiger partial charge in [-0.2, -0.15) is 5.10 Å². The number of aliphatic hydroxyl groups excluding tert-OH is 1. The molecule has 5 heteroatoms. The zero-order valence-electron chi connectivity index (χ0n) is 15.4. The molecule has 2 unspecified atom stereocenters. The first-order valence-corrected chi connectivity index (χ1v) is 8.83. The van der Waals surface area contributed by atoms with Crippen LogP contribution in [0.15, 0.2) is 30.3 Å². The molecule has 0 radical (unpaired) electrons. The number of nitrogens with zero attached hydrogens (tertiary/aromatic N) is 2. The number of benzene rings is 1. The fourth-order valence-electron chi connectivity index (χ4n) is 3.36. The Hall–Kier alpha value is -2.14. The summed E-state index contributed by atoms with van der Waals surface area (Å²) in [6, 6.07) is 9.80. The Kier molecular flexibility index (Phi) is 4.69. The maximum Gasteiger partial charge on any atom is 0.253 e. The van der Waals surface area contributed by atoms with Gasteiger partial charge in [-0.15, -0.1) is 0 Å². The van der Waals surface area contributed by atoms with Crippen LogP contribution in [0, 0.1) is 12.8 Å². The van der Waals surface area contributed by atoms with Gasteiger partial charge >= 0.3 is 0 Å². The lowest BCUT2D eigenvalue weighted by Gasteiger charge is -2.20. The summed E-state index contributed by atoms with van der Waals surface area (Å²) < 4.78 is 0. The highest BCUT2D eigenvalue weighted by atomic mass is 16.3. The van der Waals surface area contributed by atoms with E-state index in [-0.39, 0.29) is 17.2 Å². The predicted octanol–water partition coefficient (Wildman–Crippen LogP) is 2.69. The van der Waals surface area contributed by atoms with Gasteiger partial charge in [0.15, 0.2) is 0 Å². The molecule has 0 saturated carbocycles. The number of aromatic amines is 1. The number of rotatable bonds is 3. The summed E-state index contributed by atoms with van der Waals surface area (Å²) in [5.74, 6) is 0.0146. The molecule has 1 amide bonds. The van der Waals surface area contributed by atoms with E-state index in [1.807, 2.05) is 37.3 Å². The number of aromatic nitrogens is 2. The zero-order chi connectivity index (χ0) is 18.2. The van der Waals surface area contributed by atoms with Crippen LogP contribution in [-0.4, -0.2) is 45.3 Å². The van der Waals surface area contributed by atoms with E-state index < -0.39 is 6.10 Å². The molecule has 134 valence electrons. The van der Waals surface area contributed by atoms with E-state index in [9.17, 15) is 9.90 Å². The molecule has 1 aliphatic heterocycles. The summed E-state index contributed by atoms with van der Waals surface area (Å²) in [5, 5.41) is 17.5. The maximum absolute atomic E-state index is 12.7. The SMILES string of the molecule is Cc1cc(CC2CN(C(=O)c3ccc(C(C)(C)C)cc3)CC2O)n[nH]1. The first-order chi connectivity index (χ1) is 11.7. The summed E-state index contributed by atoms with van der Waals surface area (Å²) in [6.45, 7) is 9.37. The Bertz CT molecular complexity index is 743. The second-order valence-electron chi connectivity index (χ2n) is 8.11. The Morgan fingerprint density at radius 3 is 2.52 bits per heavy atom. The van der Waals surface area contributed by atoms with Crippen molar-refractivity contribution in [2.75, 3.05) is 13.1 Å². The van der Waals surface area contributed by atoms with Gasteiger partial charge in [0.05, 0.1) is 11.8 Å².